The van der Waals surface area contributed by atoms with Gasteiger partial charge in [-0.3, -0.25) is 4.79 Å². The molecule has 34 heavy (non-hydrogen) atoms. The molecule has 1 atom stereocenters. The van der Waals surface area contributed by atoms with Gasteiger partial charge in [0.15, 0.2) is 0 Å². The number of nitrogens with one attached hydrogen (secondary N) is 1. The summed E-state index contributed by atoms with van der Waals surface area (Å²) in [4.78, 5) is 26.8. The van der Waals surface area contributed by atoms with Gasteiger partial charge in [-0.15, -0.1) is 0 Å². The van der Waals surface area contributed by atoms with Crippen LogP contribution >= 0.6 is 0 Å². The van der Waals surface area contributed by atoms with Gasteiger partial charge in [-0.2, -0.15) is 0 Å². The second kappa shape index (κ2) is 11.4. The number of aliphatic hydroxyl groups excluding tert-OH is 2. The minimum atomic E-state index is -1.07. The number of nitrogens with zero attached hydrogens (tertiary/aromatic N) is 1. The Morgan fingerprint density at radius 2 is 1.82 bits per heavy atom. The van der Waals surface area contributed by atoms with Crippen LogP contribution in [0.3, 0.4) is 0 Å². The Morgan fingerprint density at radius 3 is 2.47 bits per heavy atom. The molecule has 0 spiro atoms. The molecule has 0 aromatic heterocycles. The summed E-state index contributed by atoms with van der Waals surface area (Å²) in [5.41, 5.74) is 3.58. The third-order valence-corrected chi connectivity index (χ3v) is 5.53. The summed E-state index contributed by atoms with van der Waals surface area (Å²) in [5.74, 6) is 0.369. The maximum Gasteiger partial charge on any atom is 0.408 e. The van der Waals surface area contributed by atoms with Gasteiger partial charge in [0.05, 0.1) is 13.2 Å². The molecule has 1 heterocycles. The van der Waals surface area contributed by atoms with Crippen molar-refractivity contribution in [1.29, 1.82) is 0 Å². The largest absolute Gasteiger partial charge is 0.491 e. The third kappa shape index (κ3) is 6.71. The van der Waals surface area contributed by atoms with Crippen LogP contribution in [-0.4, -0.2) is 60.2 Å². The van der Waals surface area contributed by atoms with Crippen LogP contribution in [-0.2, 0) is 28.8 Å². The quantitative estimate of drug-likeness (QED) is 0.520. The van der Waals surface area contributed by atoms with E-state index in [4.69, 9.17) is 14.6 Å². The first-order valence-corrected chi connectivity index (χ1v) is 11.6. The highest BCUT2D eigenvalue weighted by molar-refractivity contribution is 6.00. The Balaban J connectivity index is 1.65. The molecule has 3 N–H and O–H groups in total. The topological polar surface area (TPSA) is 108 Å². The molecule has 0 radical (unpaired) electrons. The van der Waals surface area contributed by atoms with Crippen molar-refractivity contribution in [1.82, 2.24) is 5.32 Å². The summed E-state index contributed by atoms with van der Waals surface area (Å²) in [6.45, 7) is 5.45. The first-order valence-electron chi connectivity index (χ1n) is 11.6. The average Bonchev–Trinajstić information content (AvgIpc) is 3.23. The highest BCUT2D eigenvalue weighted by atomic mass is 16.6. The number of carbonyl (C=O) groups is 2. The summed E-state index contributed by atoms with van der Waals surface area (Å²) in [7, 11) is 0. The van der Waals surface area contributed by atoms with Crippen molar-refractivity contribution >= 4 is 17.7 Å². The van der Waals surface area contributed by atoms with Gasteiger partial charge in [-0.05, 0) is 74.9 Å². The number of fused-ring (bicyclic) bond motifs is 1. The Hall–Kier alpha value is -3.10. The van der Waals surface area contributed by atoms with Crippen molar-refractivity contribution in [3.63, 3.8) is 0 Å². The molecule has 0 saturated carbocycles. The fourth-order valence-corrected chi connectivity index (χ4v) is 3.99. The average molecular weight is 471 g/mol. The second-order valence-corrected chi connectivity index (χ2v) is 9.25. The summed E-state index contributed by atoms with van der Waals surface area (Å²) < 4.78 is 10.6. The number of alkyl carbamates (subject to hydrolysis) is 1. The van der Waals surface area contributed by atoms with Gasteiger partial charge in [-0.1, -0.05) is 24.3 Å². The summed E-state index contributed by atoms with van der Waals surface area (Å²) >= 11 is 0. The SMILES string of the molecule is CC(C)(C)OC(=O)N[C@H](CO)C(=O)N1CCc2c(CCc3ccc(OCCO)cc3)cccc21. The van der Waals surface area contributed by atoms with E-state index in [-0.39, 0.29) is 19.1 Å². The fourth-order valence-electron chi connectivity index (χ4n) is 3.99. The van der Waals surface area contributed by atoms with E-state index in [1.807, 2.05) is 36.4 Å². The third-order valence-electron chi connectivity index (χ3n) is 5.53. The minimum Gasteiger partial charge on any atom is -0.491 e. The first kappa shape index (κ1) is 25.5. The molecule has 3 rings (SSSR count). The lowest BCUT2D eigenvalue weighted by atomic mass is 9.98. The van der Waals surface area contributed by atoms with E-state index in [0.717, 1.165) is 36.3 Å². The van der Waals surface area contributed by atoms with E-state index in [9.17, 15) is 14.7 Å². The summed E-state index contributed by atoms with van der Waals surface area (Å²) in [6, 6.07) is 12.7. The number of anilines is 1. The van der Waals surface area contributed by atoms with E-state index < -0.39 is 24.3 Å². The second-order valence-electron chi connectivity index (χ2n) is 9.25. The van der Waals surface area contributed by atoms with Crippen molar-refractivity contribution in [2.24, 2.45) is 0 Å². The van der Waals surface area contributed by atoms with Gasteiger partial charge in [0.2, 0.25) is 0 Å². The van der Waals surface area contributed by atoms with E-state index in [2.05, 4.69) is 11.4 Å². The Morgan fingerprint density at radius 1 is 1.09 bits per heavy atom. The van der Waals surface area contributed by atoms with Crippen LogP contribution in [0.1, 0.15) is 37.5 Å². The Bertz CT molecular complexity index is 984. The molecule has 2 amide bonds. The number of ether oxygens (including phenoxy) is 2. The van der Waals surface area contributed by atoms with Crippen LogP contribution < -0.4 is 15.0 Å². The van der Waals surface area contributed by atoms with Crippen molar-refractivity contribution < 1.29 is 29.3 Å². The van der Waals surface area contributed by atoms with Crippen LogP contribution in [0.25, 0.3) is 0 Å². The van der Waals surface area contributed by atoms with Crippen molar-refractivity contribution in [2.75, 3.05) is 31.3 Å². The molecular weight excluding hydrogens is 436 g/mol. The van der Waals surface area contributed by atoms with Crippen molar-refractivity contribution in [3.8, 4) is 5.75 Å². The van der Waals surface area contributed by atoms with Crippen LogP contribution in [0, 0.1) is 0 Å². The molecule has 2 aromatic rings. The highest BCUT2D eigenvalue weighted by Gasteiger charge is 2.32. The smallest absolute Gasteiger partial charge is 0.408 e. The zero-order valence-electron chi connectivity index (χ0n) is 20.0. The molecular formula is C26H34N2O6. The van der Waals surface area contributed by atoms with Gasteiger partial charge in [0.1, 0.15) is 24.0 Å². The number of hydrogen-bond donors (Lipinski definition) is 3. The minimum absolute atomic E-state index is 0.0174. The molecule has 0 aliphatic carbocycles. The lowest BCUT2D eigenvalue weighted by molar-refractivity contribution is -0.121. The normalized spacial score (nSPS) is 13.9. The number of hydrogen-bond acceptors (Lipinski definition) is 6. The zero-order valence-corrected chi connectivity index (χ0v) is 20.0. The molecule has 184 valence electrons. The molecule has 0 unspecified atom stereocenters. The molecule has 8 nitrogen and oxygen atoms in total. The van der Waals surface area contributed by atoms with Crippen LogP contribution in [0.2, 0.25) is 0 Å². The van der Waals surface area contributed by atoms with Crippen LogP contribution in [0.15, 0.2) is 42.5 Å². The molecule has 1 aliphatic heterocycles. The Kier molecular flexibility index (Phi) is 8.52. The lowest BCUT2D eigenvalue weighted by Gasteiger charge is -2.25. The van der Waals surface area contributed by atoms with Crippen molar-refractivity contribution in [3.05, 3.63) is 59.2 Å². The molecule has 8 heteroatoms. The predicted molar refractivity (Wildman–Crippen MR) is 129 cm³/mol. The van der Waals surface area contributed by atoms with E-state index in [0.29, 0.717) is 6.54 Å². The summed E-state index contributed by atoms with van der Waals surface area (Å²) in [6.07, 6.45) is 1.64. The van der Waals surface area contributed by atoms with E-state index >= 15 is 0 Å². The number of benzene rings is 2. The fraction of sp³-hybridized carbons (Fsp3) is 0.462. The number of aryl methyl sites for hydroxylation is 2. The summed E-state index contributed by atoms with van der Waals surface area (Å²) in [5, 5.41) is 21.1. The number of amides is 2. The molecule has 2 aromatic carbocycles. The number of rotatable bonds is 9. The van der Waals surface area contributed by atoms with Gasteiger partial charge in [0, 0.05) is 12.2 Å². The molecule has 1 aliphatic rings. The van der Waals surface area contributed by atoms with E-state index in [1.165, 1.54) is 11.1 Å². The maximum absolute atomic E-state index is 13.1. The van der Waals surface area contributed by atoms with Crippen molar-refractivity contribution in [2.45, 2.75) is 51.7 Å². The van der Waals surface area contributed by atoms with Gasteiger partial charge in [-0.25, -0.2) is 4.79 Å². The molecule has 0 fully saturated rings. The maximum atomic E-state index is 13.1. The monoisotopic (exact) mass is 470 g/mol. The van der Waals surface area contributed by atoms with E-state index in [1.54, 1.807) is 25.7 Å². The first-order chi connectivity index (χ1) is 16.2. The number of carbonyl (C=O) groups excluding carboxylic acids is 2. The number of aliphatic hydroxyl groups is 2. The standard InChI is InChI=1S/C26H34N2O6/c1-26(2,3)34-25(32)27-22(17-30)24(31)28-14-13-21-19(5-4-6-23(21)28)10-7-18-8-11-20(12-9-18)33-16-15-29/h4-6,8-9,11-12,22,29-30H,7,10,13-17H2,1-3H3,(H,27,32)/t22-/m1/s1. The molecule has 0 bridgehead atoms. The van der Waals surface area contributed by atoms with Gasteiger partial charge in [0.25, 0.3) is 5.91 Å². The predicted octanol–water partition coefficient (Wildman–Crippen LogP) is 2.62. The van der Waals surface area contributed by atoms with Gasteiger partial charge < -0.3 is 29.9 Å². The van der Waals surface area contributed by atoms with Gasteiger partial charge >= 0.3 is 6.09 Å². The zero-order chi connectivity index (χ0) is 24.7. The Labute approximate surface area is 200 Å². The lowest BCUT2D eigenvalue weighted by Crippen LogP contribution is -2.51. The van der Waals surface area contributed by atoms with Crippen LogP contribution in [0.4, 0.5) is 10.5 Å². The van der Waals surface area contributed by atoms with Crippen LogP contribution in [0.5, 0.6) is 5.75 Å². The highest BCUT2D eigenvalue weighted by Crippen LogP contribution is 2.32. The molecule has 0 saturated heterocycles.